The van der Waals surface area contributed by atoms with Crippen LogP contribution in [0, 0.1) is 0 Å². The van der Waals surface area contributed by atoms with Crippen LogP contribution in [0.15, 0.2) is 0 Å². The molecule has 6 nitrogen and oxygen atoms in total. The van der Waals surface area contributed by atoms with E-state index in [1.165, 1.54) is 0 Å². The zero-order valence-corrected chi connectivity index (χ0v) is 12.3. The van der Waals surface area contributed by atoms with E-state index >= 15 is 0 Å². The highest BCUT2D eigenvalue weighted by atomic mass is 16.4. The van der Waals surface area contributed by atoms with Gasteiger partial charge in [-0.05, 0) is 34.7 Å². The van der Waals surface area contributed by atoms with E-state index in [2.05, 4.69) is 0 Å². The van der Waals surface area contributed by atoms with Crippen molar-refractivity contribution >= 4 is 17.5 Å². The molecule has 3 N–H and O–H groups in total. The van der Waals surface area contributed by atoms with Crippen molar-refractivity contribution in [2.45, 2.75) is 51.6 Å². The minimum Gasteiger partial charge on any atom is -0.481 e. The van der Waals surface area contributed by atoms with Gasteiger partial charge in [-0.2, -0.15) is 0 Å². The average Bonchev–Trinajstić information content (AvgIpc) is 2.23. The topological polar surface area (TPSA) is 101 Å². The van der Waals surface area contributed by atoms with Crippen LogP contribution in [0.4, 0.5) is 0 Å². The predicted octanol–water partition coefficient (Wildman–Crippen LogP) is 0.437. The Labute approximate surface area is 113 Å². The first-order valence-corrected chi connectivity index (χ1v) is 6.17. The summed E-state index contributed by atoms with van der Waals surface area (Å²) in [4.78, 5) is 35.9. The van der Waals surface area contributed by atoms with E-state index < -0.39 is 17.0 Å². The summed E-state index contributed by atoms with van der Waals surface area (Å²) in [6, 6.07) is 0. The van der Waals surface area contributed by atoms with Gasteiger partial charge in [0.2, 0.25) is 0 Å². The molecule has 0 unspecified atom stereocenters. The second-order valence-electron chi connectivity index (χ2n) is 5.88. The SMILES string of the molecule is CN(CC(=O)C(C)(C)N)C(C)(C)C(=O)CCC(=O)O. The lowest BCUT2D eigenvalue weighted by Gasteiger charge is -2.35. The molecule has 0 aromatic heterocycles. The van der Waals surface area contributed by atoms with E-state index in [0.29, 0.717) is 0 Å². The summed E-state index contributed by atoms with van der Waals surface area (Å²) < 4.78 is 0. The van der Waals surface area contributed by atoms with E-state index in [1.807, 2.05) is 0 Å². The van der Waals surface area contributed by atoms with Crippen molar-refractivity contribution in [3.8, 4) is 0 Å². The van der Waals surface area contributed by atoms with Gasteiger partial charge in [0.05, 0.1) is 24.0 Å². The van der Waals surface area contributed by atoms with E-state index in [9.17, 15) is 14.4 Å². The lowest BCUT2D eigenvalue weighted by atomic mass is 9.92. The van der Waals surface area contributed by atoms with E-state index in [1.54, 1.807) is 39.6 Å². The number of carboxylic acid groups (broad SMARTS) is 1. The molecule has 6 heteroatoms. The molecule has 19 heavy (non-hydrogen) atoms. The maximum atomic E-state index is 12.0. The second kappa shape index (κ2) is 6.25. The van der Waals surface area contributed by atoms with Crippen LogP contribution in [-0.4, -0.2) is 52.2 Å². The molecule has 0 aromatic carbocycles. The smallest absolute Gasteiger partial charge is 0.303 e. The number of hydrogen-bond donors (Lipinski definition) is 2. The third kappa shape index (κ3) is 5.48. The Morgan fingerprint density at radius 1 is 1.05 bits per heavy atom. The summed E-state index contributed by atoms with van der Waals surface area (Å²) in [6.45, 7) is 6.63. The van der Waals surface area contributed by atoms with Gasteiger partial charge in [0.25, 0.3) is 0 Å². The fraction of sp³-hybridized carbons (Fsp3) is 0.769. The molecule has 0 radical (unpaired) electrons. The Hall–Kier alpha value is -1.27. The van der Waals surface area contributed by atoms with Crippen LogP contribution in [0.2, 0.25) is 0 Å². The fourth-order valence-electron chi connectivity index (χ4n) is 1.36. The van der Waals surface area contributed by atoms with Crippen LogP contribution in [0.25, 0.3) is 0 Å². The van der Waals surface area contributed by atoms with Gasteiger partial charge < -0.3 is 10.8 Å². The lowest BCUT2D eigenvalue weighted by molar-refractivity contribution is -0.140. The molecular formula is C13H24N2O4. The van der Waals surface area contributed by atoms with Crippen molar-refractivity contribution in [2.24, 2.45) is 5.73 Å². The number of ketones is 2. The highest BCUT2D eigenvalue weighted by Gasteiger charge is 2.34. The van der Waals surface area contributed by atoms with E-state index in [4.69, 9.17) is 10.8 Å². The highest BCUT2D eigenvalue weighted by Crippen LogP contribution is 2.17. The monoisotopic (exact) mass is 272 g/mol. The Balaban J connectivity index is 4.67. The van der Waals surface area contributed by atoms with Gasteiger partial charge in [-0.15, -0.1) is 0 Å². The number of nitrogens with zero attached hydrogens (tertiary/aromatic N) is 1. The number of carbonyl (C=O) groups is 3. The number of rotatable bonds is 8. The zero-order chi connectivity index (χ0) is 15.4. The molecule has 0 aliphatic heterocycles. The van der Waals surface area contributed by atoms with Gasteiger partial charge in [-0.25, -0.2) is 0 Å². The van der Waals surface area contributed by atoms with Gasteiger partial charge >= 0.3 is 5.97 Å². The third-order valence-corrected chi connectivity index (χ3v) is 3.30. The highest BCUT2D eigenvalue weighted by molar-refractivity contribution is 5.92. The van der Waals surface area contributed by atoms with Crippen LogP contribution >= 0.6 is 0 Å². The maximum Gasteiger partial charge on any atom is 0.303 e. The summed E-state index contributed by atoms with van der Waals surface area (Å²) in [5.41, 5.74) is 3.86. The molecule has 0 amide bonds. The average molecular weight is 272 g/mol. The third-order valence-electron chi connectivity index (χ3n) is 3.30. The predicted molar refractivity (Wildman–Crippen MR) is 71.9 cm³/mol. The Kier molecular flexibility index (Phi) is 5.83. The van der Waals surface area contributed by atoms with Crippen molar-refractivity contribution in [1.82, 2.24) is 4.90 Å². The normalized spacial score (nSPS) is 12.6. The largest absolute Gasteiger partial charge is 0.481 e. The summed E-state index contributed by atoms with van der Waals surface area (Å²) in [7, 11) is 1.66. The van der Waals surface area contributed by atoms with E-state index in [0.717, 1.165) is 0 Å². The number of hydrogen-bond acceptors (Lipinski definition) is 5. The molecule has 110 valence electrons. The van der Waals surface area contributed by atoms with Crippen molar-refractivity contribution in [2.75, 3.05) is 13.6 Å². The maximum absolute atomic E-state index is 12.0. The molecule has 0 aliphatic carbocycles. The molecule has 0 atom stereocenters. The number of nitrogens with two attached hydrogens (primary N) is 1. The molecule has 0 saturated carbocycles. The molecule has 0 saturated heterocycles. The lowest BCUT2D eigenvalue weighted by Crippen LogP contribution is -2.54. The summed E-state index contributed by atoms with van der Waals surface area (Å²) in [5.74, 6) is -1.39. The Morgan fingerprint density at radius 2 is 1.53 bits per heavy atom. The summed E-state index contributed by atoms with van der Waals surface area (Å²) in [5, 5.41) is 8.58. The number of carbonyl (C=O) groups excluding carboxylic acids is 2. The van der Waals surface area contributed by atoms with Crippen molar-refractivity contribution in [3.05, 3.63) is 0 Å². The van der Waals surface area contributed by atoms with Crippen LogP contribution < -0.4 is 5.73 Å². The molecule has 0 aliphatic rings. The fourth-order valence-corrected chi connectivity index (χ4v) is 1.36. The molecular weight excluding hydrogens is 248 g/mol. The first-order chi connectivity index (χ1) is 8.39. The van der Waals surface area contributed by atoms with Gasteiger partial charge in [0.15, 0.2) is 11.6 Å². The summed E-state index contributed by atoms with van der Waals surface area (Å²) >= 11 is 0. The quantitative estimate of drug-likeness (QED) is 0.665. The molecule has 0 aromatic rings. The second-order valence-corrected chi connectivity index (χ2v) is 5.88. The van der Waals surface area contributed by atoms with Gasteiger partial charge in [0, 0.05) is 6.42 Å². The minimum atomic E-state index is -1.01. The minimum absolute atomic E-state index is 0.0487. The van der Waals surface area contributed by atoms with Gasteiger partial charge in [-0.3, -0.25) is 19.3 Å². The van der Waals surface area contributed by atoms with Crippen LogP contribution in [-0.2, 0) is 14.4 Å². The van der Waals surface area contributed by atoms with Gasteiger partial charge in [-0.1, -0.05) is 0 Å². The first kappa shape index (κ1) is 17.7. The zero-order valence-electron chi connectivity index (χ0n) is 12.3. The number of aliphatic carboxylic acids is 1. The van der Waals surface area contributed by atoms with Crippen LogP contribution in [0.1, 0.15) is 40.5 Å². The molecule has 0 rings (SSSR count). The Morgan fingerprint density at radius 3 is 1.89 bits per heavy atom. The number of likely N-dealkylation sites (N-methyl/N-ethyl adjacent to an activating group) is 1. The number of Topliss-reactive ketones (excluding diaryl/α,β-unsaturated/α-hetero) is 2. The molecule has 0 fully saturated rings. The molecule has 0 heterocycles. The van der Waals surface area contributed by atoms with Crippen LogP contribution in [0.3, 0.4) is 0 Å². The molecule has 0 bridgehead atoms. The van der Waals surface area contributed by atoms with Gasteiger partial charge in [0.1, 0.15) is 0 Å². The van der Waals surface area contributed by atoms with Crippen molar-refractivity contribution in [3.63, 3.8) is 0 Å². The van der Waals surface area contributed by atoms with Crippen molar-refractivity contribution in [1.29, 1.82) is 0 Å². The standard InChI is InChI=1S/C13H24N2O4/c1-12(2,14)10(17)8-15(5)13(3,4)9(16)6-7-11(18)19/h6-8,14H2,1-5H3,(H,18,19). The number of carboxylic acids is 1. The first-order valence-electron chi connectivity index (χ1n) is 6.17. The van der Waals surface area contributed by atoms with Crippen molar-refractivity contribution < 1.29 is 19.5 Å². The Bertz CT molecular complexity index is 369. The van der Waals surface area contributed by atoms with Crippen LogP contribution in [0.5, 0.6) is 0 Å². The summed E-state index contributed by atoms with van der Waals surface area (Å²) in [6.07, 6.45) is -0.251. The van der Waals surface area contributed by atoms with E-state index in [-0.39, 0.29) is 31.0 Å². The molecule has 0 spiro atoms.